The van der Waals surface area contributed by atoms with E-state index in [-0.39, 0.29) is 22.8 Å². The molecule has 0 radical (unpaired) electrons. The van der Waals surface area contributed by atoms with Gasteiger partial charge in [-0.2, -0.15) is 0 Å². The van der Waals surface area contributed by atoms with Gasteiger partial charge in [-0.25, -0.2) is 0 Å². The summed E-state index contributed by atoms with van der Waals surface area (Å²) in [5, 5.41) is 0. The smallest absolute Gasteiger partial charge is 0.306 e. The molecule has 30 heavy (non-hydrogen) atoms. The summed E-state index contributed by atoms with van der Waals surface area (Å²) in [7, 11) is 0. The molecule has 1 fully saturated rings. The van der Waals surface area contributed by atoms with Crippen LogP contribution in [0.1, 0.15) is 107 Å². The Bertz CT molecular complexity index is 470. The Morgan fingerprint density at radius 1 is 0.700 bits per heavy atom. The molecule has 0 aliphatic heterocycles. The van der Waals surface area contributed by atoms with Crippen molar-refractivity contribution in [2.45, 2.75) is 107 Å². The average molecular weight is 425 g/mol. The van der Waals surface area contributed by atoms with Gasteiger partial charge in [-0.1, -0.05) is 55.4 Å². The van der Waals surface area contributed by atoms with Gasteiger partial charge in [-0.15, -0.1) is 0 Å². The molecule has 4 heteroatoms. The second-order valence-electron chi connectivity index (χ2n) is 12.4. The molecule has 0 spiro atoms. The van der Waals surface area contributed by atoms with E-state index in [1.807, 2.05) is 0 Å². The van der Waals surface area contributed by atoms with Crippen LogP contribution < -0.4 is 0 Å². The van der Waals surface area contributed by atoms with Crippen LogP contribution in [0.15, 0.2) is 0 Å². The van der Waals surface area contributed by atoms with Crippen molar-refractivity contribution in [3.05, 3.63) is 0 Å². The van der Waals surface area contributed by atoms with Crippen LogP contribution in [0.3, 0.4) is 0 Å². The second-order valence-corrected chi connectivity index (χ2v) is 12.4. The van der Waals surface area contributed by atoms with Gasteiger partial charge in [0.15, 0.2) is 0 Å². The molecule has 1 saturated carbocycles. The quantitative estimate of drug-likeness (QED) is 0.362. The number of carbonyl (C=O) groups is 2. The summed E-state index contributed by atoms with van der Waals surface area (Å²) in [6.07, 6.45) is 7.27. The Morgan fingerprint density at radius 2 is 1.00 bits per heavy atom. The molecule has 0 aromatic rings. The zero-order valence-electron chi connectivity index (χ0n) is 21.0. The molecule has 2 atom stereocenters. The van der Waals surface area contributed by atoms with Crippen LogP contribution in [0.5, 0.6) is 0 Å². The molecule has 176 valence electrons. The number of ether oxygens (including phenoxy) is 2. The predicted molar refractivity (Wildman–Crippen MR) is 123 cm³/mol. The van der Waals surface area contributed by atoms with E-state index in [0.717, 1.165) is 38.5 Å². The fourth-order valence-electron chi connectivity index (χ4n) is 4.91. The van der Waals surface area contributed by atoms with Gasteiger partial charge < -0.3 is 9.47 Å². The van der Waals surface area contributed by atoms with E-state index < -0.39 is 0 Å². The molecule has 2 unspecified atom stereocenters. The van der Waals surface area contributed by atoms with Crippen LogP contribution >= 0.6 is 0 Å². The van der Waals surface area contributed by atoms with Gasteiger partial charge >= 0.3 is 11.9 Å². The maximum absolute atomic E-state index is 12.1. The van der Waals surface area contributed by atoms with Gasteiger partial charge in [0.2, 0.25) is 0 Å². The van der Waals surface area contributed by atoms with Gasteiger partial charge in [0.25, 0.3) is 0 Å². The first-order valence-corrected chi connectivity index (χ1v) is 12.0. The Hall–Kier alpha value is -1.06. The Kier molecular flexibility index (Phi) is 10.9. The third-order valence-electron chi connectivity index (χ3n) is 5.88. The molecule has 0 aromatic heterocycles. The maximum atomic E-state index is 12.1. The molecule has 0 heterocycles. The van der Waals surface area contributed by atoms with E-state index in [2.05, 4.69) is 55.4 Å². The van der Waals surface area contributed by atoms with E-state index in [1.54, 1.807) is 0 Å². The molecular formula is C26H48O4. The highest BCUT2D eigenvalue weighted by molar-refractivity contribution is 5.70. The van der Waals surface area contributed by atoms with E-state index in [0.29, 0.717) is 49.7 Å². The van der Waals surface area contributed by atoms with Gasteiger partial charge in [0.05, 0.1) is 13.2 Å². The maximum Gasteiger partial charge on any atom is 0.306 e. The molecule has 1 rings (SSSR count). The minimum atomic E-state index is -0.0628. The summed E-state index contributed by atoms with van der Waals surface area (Å²) in [6, 6.07) is 0. The third-order valence-corrected chi connectivity index (χ3v) is 5.88. The fourth-order valence-corrected chi connectivity index (χ4v) is 4.91. The summed E-state index contributed by atoms with van der Waals surface area (Å²) < 4.78 is 11.1. The summed E-state index contributed by atoms with van der Waals surface area (Å²) >= 11 is 0. The molecule has 0 amide bonds. The van der Waals surface area contributed by atoms with Crippen LogP contribution in [-0.4, -0.2) is 25.2 Å². The van der Waals surface area contributed by atoms with Crippen molar-refractivity contribution in [2.24, 2.45) is 34.5 Å². The lowest BCUT2D eigenvalue weighted by Crippen LogP contribution is -2.25. The lowest BCUT2D eigenvalue weighted by atomic mass is 9.82. The minimum Gasteiger partial charge on any atom is -0.465 e. The predicted octanol–water partition coefficient (Wildman–Crippen LogP) is 6.80. The first-order chi connectivity index (χ1) is 13.7. The molecule has 0 N–H and O–H groups in total. The van der Waals surface area contributed by atoms with Crippen molar-refractivity contribution in [1.82, 2.24) is 0 Å². The van der Waals surface area contributed by atoms with Gasteiger partial charge in [0, 0.05) is 12.8 Å². The molecular weight excluding hydrogens is 376 g/mol. The van der Waals surface area contributed by atoms with Crippen LogP contribution in [0, 0.1) is 34.5 Å². The van der Waals surface area contributed by atoms with Gasteiger partial charge in [-0.05, 0) is 73.0 Å². The number of rotatable bonds is 10. The molecule has 1 aliphatic rings. The third kappa shape index (κ3) is 13.3. The number of carbonyl (C=O) groups excluding carboxylic acids is 2. The van der Waals surface area contributed by atoms with Crippen LogP contribution in [0.4, 0.5) is 0 Å². The Labute approximate surface area is 185 Å². The summed E-state index contributed by atoms with van der Waals surface area (Å²) in [4.78, 5) is 24.2. The number of hydrogen-bond acceptors (Lipinski definition) is 4. The van der Waals surface area contributed by atoms with Crippen molar-refractivity contribution < 1.29 is 19.1 Å². The van der Waals surface area contributed by atoms with Crippen molar-refractivity contribution >= 4 is 11.9 Å². The van der Waals surface area contributed by atoms with E-state index >= 15 is 0 Å². The first-order valence-electron chi connectivity index (χ1n) is 12.0. The topological polar surface area (TPSA) is 52.6 Å². The summed E-state index contributed by atoms with van der Waals surface area (Å²) in [5.74, 6) is 1.48. The normalized spacial score (nSPS) is 22.3. The van der Waals surface area contributed by atoms with Crippen molar-refractivity contribution in [3.63, 3.8) is 0 Å². The lowest BCUT2D eigenvalue weighted by molar-refractivity contribution is -0.149. The Morgan fingerprint density at radius 3 is 1.27 bits per heavy atom. The minimum absolute atomic E-state index is 0.0628. The highest BCUT2D eigenvalue weighted by Gasteiger charge is 2.25. The highest BCUT2D eigenvalue weighted by Crippen LogP contribution is 2.31. The number of hydrogen-bond donors (Lipinski definition) is 0. The van der Waals surface area contributed by atoms with E-state index in [9.17, 15) is 9.59 Å². The zero-order chi connectivity index (χ0) is 22.9. The van der Waals surface area contributed by atoms with Crippen LogP contribution in [0.2, 0.25) is 0 Å². The van der Waals surface area contributed by atoms with Gasteiger partial charge in [0.1, 0.15) is 0 Å². The molecule has 4 nitrogen and oxygen atoms in total. The Balaban J connectivity index is 2.18. The SMILES string of the molecule is CC(CC(=O)OCC1CCC(COC(=O)CC(C)CC(C)(C)C)CC1)CC(C)(C)C. The molecule has 0 bridgehead atoms. The zero-order valence-corrected chi connectivity index (χ0v) is 21.0. The van der Waals surface area contributed by atoms with Crippen molar-refractivity contribution in [1.29, 1.82) is 0 Å². The first kappa shape index (κ1) is 27.0. The molecule has 0 saturated heterocycles. The van der Waals surface area contributed by atoms with E-state index in [1.165, 1.54) is 0 Å². The molecule has 0 aromatic carbocycles. The molecule has 1 aliphatic carbocycles. The van der Waals surface area contributed by atoms with Crippen LogP contribution in [0.25, 0.3) is 0 Å². The summed E-state index contributed by atoms with van der Waals surface area (Å²) in [5.41, 5.74) is 0.484. The fraction of sp³-hybridized carbons (Fsp3) is 0.923. The second kappa shape index (κ2) is 12.1. The highest BCUT2D eigenvalue weighted by atomic mass is 16.5. The van der Waals surface area contributed by atoms with E-state index in [4.69, 9.17) is 9.47 Å². The average Bonchev–Trinajstić information content (AvgIpc) is 2.55. The lowest BCUT2D eigenvalue weighted by Gasteiger charge is -2.28. The monoisotopic (exact) mass is 424 g/mol. The van der Waals surface area contributed by atoms with Crippen molar-refractivity contribution in [3.8, 4) is 0 Å². The van der Waals surface area contributed by atoms with Crippen molar-refractivity contribution in [2.75, 3.05) is 13.2 Å². The standard InChI is InChI=1S/C26H48O4/c1-19(15-25(3,4)5)13-23(27)29-17-21-9-11-22(12-10-21)18-30-24(28)14-20(2)16-26(6,7)8/h19-22H,9-18H2,1-8H3. The van der Waals surface area contributed by atoms with Crippen LogP contribution in [-0.2, 0) is 19.1 Å². The van der Waals surface area contributed by atoms with Gasteiger partial charge in [-0.3, -0.25) is 9.59 Å². The summed E-state index contributed by atoms with van der Waals surface area (Å²) in [6.45, 7) is 18.6. The largest absolute Gasteiger partial charge is 0.465 e. The number of esters is 2.